The van der Waals surface area contributed by atoms with Gasteiger partial charge < -0.3 is 10.2 Å². The molecule has 106 valence electrons. The predicted octanol–water partition coefficient (Wildman–Crippen LogP) is 2.44. The van der Waals surface area contributed by atoms with E-state index in [9.17, 15) is 4.79 Å². The Balaban J connectivity index is 0.00000162. The summed E-state index contributed by atoms with van der Waals surface area (Å²) in [5.74, 6) is 1.38. The van der Waals surface area contributed by atoms with Crippen molar-refractivity contribution in [1.29, 1.82) is 0 Å². The number of nitrogens with zero attached hydrogens (tertiary/aromatic N) is 1. The highest BCUT2D eigenvalue weighted by atomic mass is 35.5. The highest BCUT2D eigenvalue weighted by Gasteiger charge is 2.30. The monoisotopic (exact) mass is 274 g/mol. The molecular formula is C14H27ClN2O. The maximum Gasteiger partial charge on any atom is 0.226 e. The summed E-state index contributed by atoms with van der Waals surface area (Å²) in [6.07, 6.45) is 7.23. The molecule has 2 aliphatic rings. The highest BCUT2D eigenvalue weighted by Crippen LogP contribution is 2.28. The number of rotatable bonds is 2. The second-order valence-electron chi connectivity index (χ2n) is 5.92. The lowest BCUT2D eigenvalue weighted by Crippen LogP contribution is -2.46. The third-order valence-electron chi connectivity index (χ3n) is 4.45. The standard InChI is InChI=1S/C14H26N2O.ClH/c1-11-5-3-7-13(9-11)16(2)14(17)12-6-4-8-15-10-12;/h11-13,15H,3-10H2,1-2H3;1H. The zero-order valence-electron chi connectivity index (χ0n) is 11.7. The Kier molecular flexibility index (Phi) is 6.44. The van der Waals surface area contributed by atoms with Gasteiger partial charge in [0.1, 0.15) is 0 Å². The second kappa shape index (κ2) is 7.34. The van der Waals surface area contributed by atoms with Gasteiger partial charge in [0.15, 0.2) is 0 Å². The quantitative estimate of drug-likeness (QED) is 0.839. The van der Waals surface area contributed by atoms with Gasteiger partial charge in [-0.15, -0.1) is 12.4 Å². The van der Waals surface area contributed by atoms with Gasteiger partial charge in [-0.25, -0.2) is 0 Å². The molecule has 1 amide bonds. The minimum absolute atomic E-state index is 0. The van der Waals surface area contributed by atoms with E-state index >= 15 is 0 Å². The molecule has 1 aliphatic carbocycles. The third-order valence-corrected chi connectivity index (χ3v) is 4.45. The van der Waals surface area contributed by atoms with E-state index in [0.29, 0.717) is 11.9 Å². The molecule has 1 saturated carbocycles. The van der Waals surface area contributed by atoms with Gasteiger partial charge in [-0.05, 0) is 38.1 Å². The predicted molar refractivity (Wildman–Crippen MR) is 77.0 cm³/mol. The van der Waals surface area contributed by atoms with Crippen molar-refractivity contribution in [3.05, 3.63) is 0 Å². The number of carbonyl (C=O) groups excluding carboxylic acids is 1. The first kappa shape index (κ1) is 15.8. The van der Waals surface area contributed by atoms with E-state index in [4.69, 9.17) is 0 Å². The van der Waals surface area contributed by atoms with Crippen LogP contribution < -0.4 is 5.32 Å². The van der Waals surface area contributed by atoms with E-state index in [1.807, 2.05) is 11.9 Å². The first-order valence-corrected chi connectivity index (χ1v) is 7.16. The fraction of sp³-hybridized carbons (Fsp3) is 0.929. The first-order valence-electron chi connectivity index (χ1n) is 7.16. The average Bonchev–Trinajstić information content (AvgIpc) is 2.38. The van der Waals surface area contributed by atoms with Crippen molar-refractivity contribution in [1.82, 2.24) is 10.2 Å². The molecular weight excluding hydrogens is 248 g/mol. The van der Waals surface area contributed by atoms with E-state index in [1.54, 1.807) is 0 Å². The second-order valence-corrected chi connectivity index (χ2v) is 5.92. The SMILES string of the molecule is CC1CCCC(N(C)C(=O)C2CCCNC2)C1.Cl. The summed E-state index contributed by atoms with van der Waals surface area (Å²) >= 11 is 0. The van der Waals surface area contributed by atoms with Crippen LogP contribution in [0.1, 0.15) is 45.4 Å². The molecule has 0 spiro atoms. The number of hydrogen-bond donors (Lipinski definition) is 1. The molecule has 0 aromatic rings. The van der Waals surface area contributed by atoms with E-state index in [-0.39, 0.29) is 18.3 Å². The molecule has 4 heteroatoms. The smallest absolute Gasteiger partial charge is 0.226 e. The maximum absolute atomic E-state index is 12.4. The Labute approximate surface area is 117 Å². The molecule has 0 aromatic carbocycles. The molecule has 1 saturated heterocycles. The van der Waals surface area contributed by atoms with Gasteiger partial charge in [0.05, 0.1) is 5.92 Å². The van der Waals surface area contributed by atoms with Gasteiger partial charge >= 0.3 is 0 Å². The van der Waals surface area contributed by atoms with Crippen LogP contribution in [-0.4, -0.2) is 37.0 Å². The van der Waals surface area contributed by atoms with Crippen molar-refractivity contribution >= 4 is 18.3 Å². The minimum atomic E-state index is 0. The fourth-order valence-electron chi connectivity index (χ4n) is 3.28. The van der Waals surface area contributed by atoms with Crippen molar-refractivity contribution < 1.29 is 4.79 Å². The van der Waals surface area contributed by atoms with E-state index in [2.05, 4.69) is 12.2 Å². The Morgan fingerprint density at radius 2 is 2.00 bits per heavy atom. The van der Waals surface area contributed by atoms with Crippen LogP contribution >= 0.6 is 12.4 Å². The van der Waals surface area contributed by atoms with Gasteiger partial charge in [-0.1, -0.05) is 19.8 Å². The Morgan fingerprint density at radius 3 is 2.61 bits per heavy atom. The Bertz CT molecular complexity index is 267. The van der Waals surface area contributed by atoms with Crippen molar-refractivity contribution in [2.24, 2.45) is 11.8 Å². The van der Waals surface area contributed by atoms with E-state index < -0.39 is 0 Å². The summed E-state index contributed by atoms with van der Waals surface area (Å²) in [6.45, 7) is 4.27. The lowest BCUT2D eigenvalue weighted by atomic mass is 9.85. The molecule has 3 atom stereocenters. The van der Waals surface area contributed by atoms with Crippen LogP contribution in [0, 0.1) is 11.8 Å². The van der Waals surface area contributed by atoms with E-state index in [0.717, 1.165) is 31.8 Å². The van der Waals surface area contributed by atoms with Gasteiger partial charge in [-0.3, -0.25) is 4.79 Å². The van der Waals surface area contributed by atoms with Crippen LogP contribution in [-0.2, 0) is 4.79 Å². The molecule has 3 unspecified atom stereocenters. The summed E-state index contributed by atoms with van der Waals surface area (Å²) in [7, 11) is 2.01. The molecule has 18 heavy (non-hydrogen) atoms. The largest absolute Gasteiger partial charge is 0.342 e. The molecule has 0 bridgehead atoms. The van der Waals surface area contributed by atoms with Crippen LogP contribution in [0.15, 0.2) is 0 Å². The van der Waals surface area contributed by atoms with Crippen LogP contribution in [0.2, 0.25) is 0 Å². The molecule has 2 fully saturated rings. The van der Waals surface area contributed by atoms with Gasteiger partial charge in [-0.2, -0.15) is 0 Å². The Hall–Kier alpha value is -0.280. The fourth-order valence-corrected chi connectivity index (χ4v) is 3.28. The summed E-state index contributed by atoms with van der Waals surface area (Å²) in [4.78, 5) is 14.4. The van der Waals surface area contributed by atoms with Crippen LogP contribution in [0.5, 0.6) is 0 Å². The number of piperidine rings is 1. The number of hydrogen-bond acceptors (Lipinski definition) is 2. The van der Waals surface area contributed by atoms with Crippen LogP contribution in [0.4, 0.5) is 0 Å². The maximum atomic E-state index is 12.4. The van der Waals surface area contributed by atoms with Crippen molar-refractivity contribution in [3.63, 3.8) is 0 Å². The van der Waals surface area contributed by atoms with E-state index in [1.165, 1.54) is 25.7 Å². The molecule has 0 aromatic heterocycles. The van der Waals surface area contributed by atoms with Crippen molar-refractivity contribution in [2.45, 2.75) is 51.5 Å². The molecule has 2 rings (SSSR count). The normalized spacial score (nSPS) is 32.4. The molecule has 0 radical (unpaired) electrons. The van der Waals surface area contributed by atoms with Gasteiger partial charge in [0, 0.05) is 19.6 Å². The zero-order valence-corrected chi connectivity index (χ0v) is 12.5. The van der Waals surface area contributed by atoms with Crippen LogP contribution in [0.3, 0.4) is 0 Å². The molecule has 3 nitrogen and oxygen atoms in total. The summed E-state index contributed by atoms with van der Waals surface area (Å²) in [6, 6.07) is 0.494. The number of amides is 1. The summed E-state index contributed by atoms with van der Waals surface area (Å²) in [5.41, 5.74) is 0. The van der Waals surface area contributed by atoms with Crippen molar-refractivity contribution in [2.75, 3.05) is 20.1 Å². The zero-order chi connectivity index (χ0) is 12.3. The number of halogens is 1. The topological polar surface area (TPSA) is 32.3 Å². The lowest BCUT2D eigenvalue weighted by Gasteiger charge is -2.36. The minimum Gasteiger partial charge on any atom is -0.342 e. The Morgan fingerprint density at radius 1 is 1.22 bits per heavy atom. The van der Waals surface area contributed by atoms with Gasteiger partial charge in [0.2, 0.25) is 5.91 Å². The third kappa shape index (κ3) is 3.86. The average molecular weight is 275 g/mol. The molecule has 1 N–H and O–H groups in total. The van der Waals surface area contributed by atoms with Crippen LogP contribution in [0.25, 0.3) is 0 Å². The van der Waals surface area contributed by atoms with Crippen molar-refractivity contribution in [3.8, 4) is 0 Å². The lowest BCUT2D eigenvalue weighted by molar-refractivity contribution is -0.137. The molecule has 1 aliphatic heterocycles. The summed E-state index contributed by atoms with van der Waals surface area (Å²) < 4.78 is 0. The highest BCUT2D eigenvalue weighted by molar-refractivity contribution is 5.85. The number of nitrogens with one attached hydrogen (secondary N) is 1. The first-order chi connectivity index (χ1) is 8.18. The number of carbonyl (C=O) groups is 1. The summed E-state index contributed by atoms with van der Waals surface area (Å²) in [5, 5.41) is 3.33. The van der Waals surface area contributed by atoms with Gasteiger partial charge in [0.25, 0.3) is 0 Å². The molecule has 1 heterocycles.